The first-order valence-electron chi connectivity index (χ1n) is 8.43. The molecule has 2 aromatic heterocycles. The molecule has 0 radical (unpaired) electrons. The van der Waals surface area contributed by atoms with E-state index in [1.54, 1.807) is 6.07 Å². The van der Waals surface area contributed by atoms with Gasteiger partial charge in [-0.1, -0.05) is 26.0 Å². The van der Waals surface area contributed by atoms with E-state index in [9.17, 15) is 9.59 Å². The number of anilines is 1. The molecule has 1 aromatic carbocycles. The molecule has 0 fully saturated rings. The molecule has 0 saturated carbocycles. The molecule has 0 atom stereocenters. The van der Waals surface area contributed by atoms with Crippen LogP contribution < -0.4 is 5.32 Å². The van der Waals surface area contributed by atoms with E-state index >= 15 is 0 Å². The summed E-state index contributed by atoms with van der Waals surface area (Å²) >= 11 is 1.42. The Morgan fingerprint density at radius 1 is 1.31 bits per heavy atom. The zero-order valence-corrected chi connectivity index (χ0v) is 15.8. The molecule has 2 heterocycles. The minimum atomic E-state index is -0.834. The Balaban J connectivity index is 1.80. The minimum absolute atomic E-state index is 0.0681. The highest BCUT2D eigenvalue weighted by Crippen LogP contribution is 2.32. The maximum absolute atomic E-state index is 12.6. The van der Waals surface area contributed by atoms with Crippen molar-refractivity contribution in [3.05, 3.63) is 46.5 Å². The summed E-state index contributed by atoms with van der Waals surface area (Å²) in [5.74, 6) is -0.717. The van der Waals surface area contributed by atoms with Gasteiger partial charge in [-0.15, -0.1) is 11.3 Å². The van der Waals surface area contributed by atoms with Crippen LogP contribution in [0, 0.1) is 0 Å². The Kier molecular flexibility index (Phi) is 5.08. The number of aliphatic carboxylic acids is 1. The van der Waals surface area contributed by atoms with Gasteiger partial charge in [-0.3, -0.25) is 14.3 Å². The number of carbonyl (C=O) groups is 2. The fourth-order valence-electron chi connectivity index (χ4n) is 2.85. The summed E-state index contributed by atoms with van der Waals surface area (Å²) in [5.41, 5.74) is 2.54. The van der Waals surface area contributed by atoms with Crippen molar-refractivity contribution in [1.82, 2.24) is 9.78 Å². The van der Waals surface area contributed by atoms with E-state index in [4.69, 9.17) is 5.11 Å². The third-order valence-electron chi connectivity index (χ3n) is 4.12. The molecule has 1 amide bonds. The number of carboxylic acid groups (broad SMARTS) is 1. The third-order valence-corrected chi connectivity index (χ3v) is 5.32. The predicted octanol–water partition coefficient (Wildman–Crippen LogP) is 4.03. The summed E-state index contributed by atoms with van der Waals surface area (Å²) in [5, 5.41) is 17.2. The highest BCUT2D eigenvalue weighted by Gasteiger charge is 2.18. The SMILES string of the molecule is CC(C)c1nn(C)c2sc(C(=O)Nc3cccc(CCC(=O)O)c3)cc12. The zero-order chi connectivity index (χ0) is 18.8. The first kappa shape index (κ1) is 18.1. The van der Waals surface area contributed by atoms with Crippen molar-refractivity contribution in [3.8, 4) is 0 Å². The molecule has 136 valence electrons. The second-order valence-corrected chi connectivity index (χ2v) is 7.57. The number of thiophene rings is 1. The standard InChI is InChI=1S/C19H21N3O3S/c1-11(2)17-14-10-15(26-19(14)22(3)21-17)18(25)20-13-6-4-5-12(9-13)7-8-16(23)24/h4-6,9-11H,7-8H2,1-3H3,(H,20,25)(H,23,24). The van der Waals surface area contributed by atoms with E-state index in [1.807, 2.05) is 36.0 Å². The Morgan fingerprint density at radius 3 is 2.77 bits per heavy atom. The molecular formula is C19H21N3O3S. The van der Waals surface area contributed by atoms with E-state index in [1.165, 1.54) is 11.3 Å². The Bertz CT molecular complexity index is 972. The number of nitrogens with one attached hydrogen (secondary N) is 1. The number of aromatic nitrogens is 2. The first-order valence-corrected chi connectivity index (χ1v) is 9.25. The average molecular weight is 371 g/mol. The van der Waals surface area contributed by atoms with Gasteiger partial charge in [-0.05, 0) is 36.1 Å². The molecule has 0 unspecified atom stereocenters. The Morgan fingerprint density at radius 2 is 2.08 bits per heavy atom. The van der Waals surface area contributed by atoms with Crippen molar-refractivity contribution in [2.45, 2.75) is 32.6 Å². The van der Waals surface area contributed by atoms with Crippen molar-refractivity contribution in [3.63, 3.8) is 0 Å². The summed E-state index contributed by atoms with van der Waals surface area (Å²) in [6.45, 7) is 4.17. The van der Waals surface area contributed by atoms with Crippen LogP contribution in [0.2, 0.25) is 0 Å². The van der Waals surface area contributed by atoms with Gasteiger partial charge in [0.2, 0.25) is 0 Å². The highest BCUT2D eigenvalue weighted by atomic mass is 32.1. The second kappa shape index (κ2) is 7.29. The second-order valence-electron chi connectivity index (χ2n) is 6.54. The van der Waals surface area contributed by atoms with Crippen LogP contribution in [-0.4, -0.2) is 26.8 Å². The van der Waals surface area contributed by atoms with E-state index in [0.29, 0.717) is 17.0 Å². The van der Waals surface area contributed by atoms with Crippen molar-refractivity contribution >= 4 is 39.1 Å². The summed E-state index contributed by atoms with van der Waals surface area (Å²) in [7, 11) is 1.89. The van der Waals surface area contributed by atoms with Gasteiger partial charge in [-0.25, -0.2) is 0 Å². The number of rotatable bonds is 6. The molecular weight excluding hydrogens is 350 g/mol. The number of nitrogens with zero attached hydrogens (tertiary/aromatic N) is 2. The minimum Gasteiger partial charge on any atom is -0.481 e. The van der Waals surface area contributed by atoms with Gasteiger partial charge in [0, 0.05) is 24.5 Å². The number of carbonyl (C=O) groups excluding carboxylic acids is 1. The van der Waals surface area contributed by atoms with Crippen LogP contribution in [0.3, 0.4) is 0 Å². The van der Waals surface area contributed by atoms with E-state index < -0.39 is 5.97 Å². The van der Waals surface area contributed by atoms with Gasteiger partial charge < -0.3 is 10.4 Å². The number of hydrogen-bond donors (Lipinski definition) is 2. The normalized spacial score (nSPS) is 11.2. The van der Waals surface area contributed by atoms with Crippen LogP contribution in [0.15, 0.2) is 30.3 Å². The molecule has 6 nitrogen and oxygen atoms in total. The van der Waals surface area contributed by atoms with E-state index in [2.05, 4.69) is 24.3 Å². The van der Waals surface area contributed by atoms with Crippen molar-refractivity contribution in [1.29, 1.82) is 0 Å². The maximum atomic E-state index is 12.6. The molecule has 3 aromatic rings. The molecule has 26 heavy (non-hydrogen) atoms. The molecule has 0 bridgehead atoms. The number of hydrogen-bond acceptors (Lipinski definition) is 4. The Hall–Kier alpha value is -2.67. The largest absolute Gasteiger partial charge is 0.481 e. The third kappa shape index (κ3) is 3.77. The summed E-state index contributed by atoms with van der Waals surface area (Å²) in [6, 6.07) is 9.19. The van der Waals surface area contributed by atoms with Crippen LogP contribution in [0.5, 0.6) is 0 Å². The van der Waals surface area contributed by atoms with Crippen LogP contribution >= 0.6 is 11.3 Å². The smallest absolute Gasteiger partial charge is 0.303 e. The highest BCUT2D eigenvalue weighted by molar-refractivity contribution is 7.20. The first-order chi connectivity index (χ1) is 12.3. The molecule has 0 saturated heterocycles. The predicted molar refractivity (Wildman–Crippen MR) is 103 cm³/mol. The number of fused-ring (bicyclic) bond motifs is 1. The zero-order valence-electron chi connectivity index (χ0n) is 14.9. The quantitative estimate of drug-likeness (QED) is 0.685. The van der Waals surface area contributed by atoms with Crippen LogP contribution in [0.1, 0.15) is 47.1 Å². The summed E-state index contributed by atoms with van der Waals surface area (Å²) < 4.78 is 1.82. The molecule has 0 aliphatic carbocycles. The van der Waals surface area contributed by atoms with Gasteiger partial charge >= 0.3 is 5.97 Å². The molecule has 0 spiro atoms. The van der Waals surface area contributed by atoms with Crippen molar-refractivity contribution < 1.29 is 14.7 Å². The molecule has 3 rings (SSSR count). The van der Waals surface area contributed by atoms with Crippen LogP contribution in [-0.2, 0) is 18.3 Å². The Labute approximate surface area is 155 Å². The van der Waals surface area contributed by atoms with Gasteiger partial charge in [0.1, 0.15) is 4.83 Å². The monoisotopic (exact) mass is 371 g/mol. The fraction of sp³-hybridized carbons (Fsp3) is 0.316. The van der Waals surface area contributed by atoms with Crippen molar-refractivity contribution in [2.24, 2.45) is 7.05 Å². The number of carboxylic acids is 1. The number of aryl methyl sites for hydroxylation is 2. The lowest BCUT2D eigenvalue weighted by Crippen LogP contribution is -2.10. The lowest BCUT2D eigenvalue weighted by Gasteiger charge is -2.06. The summed E-state index contributed by atoms with van der Waals surface area (Å²) in [4.78, 5) is 24.9. The van der Waals surface area contributed by atoms with Crippen LogP contribution in [0.4, 0.5) is 5.69 Å². The molecule has 2 N–H and O–H groups in total. The lowest BCUT2D eigenvalue weighted by molar-refractivity contribution is -0.136. The van der Waals surface area contributed by atoms with Crippen LogP contribution in [0.25, 0.3) is 10.2 Å². The topological polar surface area (TPSA) is 84.2 Å². The summed E-state index contributed by atoms with van der Waals surface area (Å²) in [6.07, 6.45) is 0.504. The maximum Gasteiger partial charge on any atom is 0.303 e. The van der Waals surface area contributed by atoms with E-state index in [0.717, 1.165) is 21.5 Å². The number of amides is 1. The van der Waals surface area contributed by atoms with Gasteiger partial charge in [0.25, 0.3) is 5.91 Å². The van der Waals surface area contributed by atoms with Gasteiger partial charge in [-0.2, -0.15) is 5.10 Å². The fourth-order valence-corrected chi connectivity index (χ4v) is 3.83. The van der Waals surface area contributed by atoms with Gasteiger partial charge in [0.05, 0.1) is 10.6 Å². The van der Waals surface area contributed by atoms with Gasteiger partial charge in [0.15, 0.2) is 0 Å². The average Bonchev–Trinajstić information content (AvgIpc) is 3.14. The lowest BCUT2D eigenvalue weighted by atomic mass is 10.1. The number of benzene rings is 1. The molecule has 0 aliphatic rings. The molecule has 7 heteroatoms. The van der Waals surface area contributed by atoms with Crippen molar-refractivity contribution in [2.75, 3.05) is 5.32 Å². The van der Waals surface area contributed by atoms with E-state index in [-0.39, 0.29) is 18.2 Å². The molecule has 0 aliphatic heterocycles.